The van der Waals surface area contributed by atoms with Crippen LogP contribution in [0.3, 0.4) is 0 Å². The van der Waals surface area contributed by atoms with E-state index in [0.717, 1.165) is 5.56 Å². The molecule has 0 aromatic heterocycles. The van der Waals surface area contributed by atoms with Gasteiger partial charge in [0.1, 0.15) is 5.82 Å². The van der Waals surface area contributed by atoms with Gasteiger partial charge in [-0.05, 0) is 31.5 Å². The standard InChI is InChI=1S/C13H17FN2O2/c1-9-3-4-10(14)5-11(9)15-12(17)6-16-7-13(2,18)8-16/h3-5,18H,6-8H2,1-2H3,(H,15,17). The van der Waals surface area contributed by atoms with Crippen LogP contribution in [0.5, 0.6) is 0 Å². The normalized spacial score (nSPS) is 18.2. The average molecular weight is 252 g/mol. The Morgan fingerprint density at radius 3 is 2.83 bits per heavy atom. The summed E-state index contributed by atoms with van der Waals surface area (Å²) < 4.78 is 13.0. The first-order chi connectivity index (χ1) is 8.35. The second-order valence-electron chi connectivity index (χ2n) is 5.15. The van der Waals surface area contributed by atoms with Gasteiger partial charge in [0, 0.05) is 18.8 Å². The van der Waals surface area contributed by atoms with Gasteiger partial charge >= 0.3 is 0 Å². The Labute approximate surface area is 105 Å². The number of aliphatic hydroxyl groups is 1. The maximum absolute atomic E-state index is 13.0. The summed E-state index contributed by atoms with van der Waals surface area (Å²) in [6.07, 6.45) is 0. The lowest BCUT2D eigenvalue weighted by molar-refractivity contribution is -0.125. The third-order valence-corrected chi connectivity index (χ3v) is 2.97. The molecule has 0 aliphatic carbocycles. The second kappa shape index (κ2) is 4.66. The topological polar surface area (TPSA) is 52.6 Å². The minimum absolute atomic E-state index is 0.195. The van der Waals surface area contributed by atoms with Gasteiger partial charge < -0.3 is 10.4 Å². The molecule has 0 atom stereocenters. The smallest absolute Gasteiger partial charge is 0.238 e. The van der Waals surface area contributed by atoms with Gasteiger partial charge in [0.25, 0.3) is 0 Å². The zero-order chi connectivity index (χ0) is 13.3. The molecule has 1 aromatic carbocycles. The number of anilines is 1. The van der Waals surface area contributed by atoms with E-state index in [2.05, 4.69) is 5.32 Å². The zero-order valence-corrected chi connectivity index (χ0v) is 10.5. The van der Waals surface area contributed by atoms with E-state index in [1.807, 2.05) is 11.8 Å². The van der Waals surface area contributed by atoms with Crippen molar-refractivity contribution in [1.29, 1.82) is 0 Å². The first kappa shape index (κ1) is 13.0. The number of hydrogen-bond donors (Lipinski definition) is 2. The van der Waals surface area contributed by atoms with Gasteiger partial charge in [-0.3, -0.25) is 9.69 Å². The highest BCUT2D eigenvalue weighted by Gasteiger charge is 2.37. The second-order valence-corrected chi connectivity index (χ2v) is 5.15. The van der Waals surface area contributed by atoms with Crippen LogP contribution in [-0.4, -0.2) is 41.1 Å². The Kier molecular flexibility index (Phi) is 3.36. The minimum atomic E-state index is -0.685. The molecule has 0 saturated carbocycles. The average Bonchev–Trinajstić information content (AvgIpc) is 2.20. The summed E-state index contributed by atoms with van der Waals surface area (Å²) >= 11 is 0. The third-order valence-electron chi connectivity index (χ3n) is 2.97. The van der Waals surface area contributed by atoms with Crippen molar-refractivity contribution in [2.75, 3.05) is 25.0 Å². The van der Waals surface area contributed by atoms with Gasteiger partial charge in [-0.25, -0.2) is 4.39 Å². The number of carbonyl (C=O) groups excluding carboxylic acids is 1. The van der Waals surface area contributed by atoms with E-state index in [9.17, 15) is 14.3 Å². The molecule has 2 rings (SSSR count). The van der Waals surface area contributed by atoms with E-state index in [4.69, 9.17) is 0 Å². The summed E-state index contributed by atoms with van der Waals surface area (Å²) in [6.45, 7) is 4.73. The van der Waals surface area contributed by atoms with Crippen LogP contribution in [0, 0.1) is 12.7 Å². The van der Waals surface area contributed by atoms with E-state index in [0.29, 0.717) is 18.8 Å². The number of nitrogens with zero attached hydrogens (tertiary/aromatic N) is 1. The van der Waals surface area contributed by atoms with Gasteiger partial charge in [0.15, 0.2) is 0 Å². The van der Waals surface area contributed by atoms with Crippen molar-refractivity contribution in [2.24, 2.45) is 0 Å². The molecule has 1 aliphatic heterocycles. The lowest BCUT2D eigenvalue weighted by Gasteiger charge is -2.43. The van der Waals surface area contributed by atoms with Crippen LogP contribution in [0.4, 0.5) is 10.1 Å². The monoisotopic (exact) mass is 252 g/mol. The Morgan fingerprint density at radius 1 is 1.56 bits per heavy atom. The largest absolute Gasteiger partial charge is 0.388 e. The van der Waals surface area contributed by atoms with Crippen LogP contribution in [0.15, 0.2) is 18.2 Å². The fourth-order valence-corrected chi connectivity index (χ4v) is 2.15. The number of hydrogen-bond acceptors (Lipinski definition) is 3. The highest BCUT2D eigenvalue weighted by Crippen LogP contribution is 2.20. The number of amides is 1. The van der Waals surface area contributed by atoms with Crippen molar-refractivity contribution in [3.05, 3.63) is 29.6 Å². The Balaban J connectivity index is 1.90. The molecule has 0 bridgehead atoms. The van der Waals surface area contributed by atoms with Gasteiger partial charge in [0.05, 0.1) is 12.1 Å². The summed E-state index contributed by atoms with van der Waals surface area (Å²) in [4.78, 5) is 13.6. The fraction of sp³-hybridized carbons (Fsp3) is 0.462. The summed E-state index contributed by atoms with van der Waals surface area (Å²) in [6, 6.07) is 4.29. The zero-order valence-electron chi connectivity index (χ0n) is 10.5. The molecule has 1 aliphatic rings. The predicted octanol–water partition coefficient (Wildman–Crippen LogP) is 1.14. The number of β-amino-alcohol motifs (C(OH)–C–C–N with tert-alkyl or cyclic N) is 1. The molecule has 1 heterocycles. The highest BCUT2D eigenvalue weighted by molar-refractivity contribution is 5.93. The highest BCUT2D eigenvalue weighted by atomic mass is 19.1. The first-order valence-electron chi connectivity index (χ1n) is 5.86. The van der Waals surface area contributed by atoms with E-state index in [1.165, 1.54) is 12.1 Å². The third kappa shape index (κ3) is 3.05. The molecule has 1 saturated heterocycles. The van der Waals surface area contributed by atoms with Crippen molar-refractivity contribution in [1.82, 2.24) is 4.90 Å². The number of aryl methyl sites for hydroxylation is 1. The number of nitrogens with one attached hydrogen (secondary N) is 1. The molecule has 18 heavy (non-hydrogen) atoms. The van der Waals surface area contributed by atoms with E-state index in [-0.39, 0.29) is 18.3 Å². The number of benzene rings is 1. The molecule has 98 valence electrons. The van der Waals surface area contributed by atoms with Gasteiger partial charge in [-0.1, -0.05) is 6.07 Å². The number of halogens is 1. The lowest BCUT2D eigenvalue weighted by Crippen LogP contribution is -2.61. The SMILES string of the molecule is Cc1ccc(F)cc1NC(=O)CN1CC(C)(O)C1. The maximum atomic E-state index is 13.0. The van der Waals surface area contributed by atoms with Crippen molar-refractivity contribution < 1.29 is 14.3 Å². The number of rotatable bonds is 3. The van der Waals surface area contributed by atoms with E-state index >= 15 is 0 Å². The van der Waals surface area contributed by atoms with Crippen LogP contribution in [0.25, 0.3) is 0 Å². The first-order valence-corrected chi connectivity index (χ1v) is 5.86. The minimum Gasteiger partial charge on any atom is -0.388 e. The van der Waals surface area contributed by atoms with Crippen LogP contribution < -0.4 is 5.32 Å². The Hall–Kier alpha value is -1.46. The van der Waals surface area contributed by atoms with E-state index < -0.39 is 5.60 Å². The Bertz CT molecular complexity index is 466. The van der Waals surface area contributed by atoms with Crippen LogP contribution in [0.1, 0.15) is 12.5 Å². The molecule has 1 amide bonds. The molecule has 1 aromatic rings. The summed E-state index contributed by atoms with van der Waals surface area (Å²) in [5.41, 5.74) is 0.627. The molecule has 1 fully saturated rings. The fourth-order valence-electron chi connectivity index (χ4n) is 2.15. The molecular weight excluding hydrogens is 235 g/mol. The molecule has 0 spiro atoms. The molecule has 5 heteroatoms. The van der Waals surface area contributed by atoms with Crippen molar-refractivity contribution in [3.8, 4) is 0 Å². The predicted molar refractivity (Wildman–Crippen MR) is 66.8 cm³/mol. The lowest BCUT2D eigenvalue weighted by atomic mass is 9.97. The quantitative estimate of drug-likeness (QED) is 0.848. The van der Waals surface area contributed by atoms with Gasteiger partial charge in [0.2, 0.25) is 5.91 Å². The summed E-state index contributed by atoms with van der Waals surface area (Å²) in [5, 5.41) is 12.2. The van der Waals surface area contributed by atoms with Crippen molar-refractivity contribution >= 4 is 11.6 Å². The Morgan fingerprint density at radius 2 is 2.22 bits per heavy atom. The van der Waals surface area contributed by atoms with E-state index in [1.54, 1.807) is 13.0 Å². The molecule has 0 unspecified atom stereocenters. The van der Waals surface area contributed by atoms with Crippen LogP contribution in [-0.2, 0) is 4.79 Å². The van der Waals surface area contributed by atoms with Crippen molar-refractivity contribution in [3.63, 3.8) is 0 Å². The van der Waals surface area contributed by atoms with Crippen molar-refractivity contribution in [2.45, 2.75) is 19.4 Å². The number of likely N-dealkylation sites (tertiary alicyclic amines) is 1. The molecule has 4 nitrogen and oxygen atoms in total. The van der Waals surface area contributed by atoms with Gasteiger partial charge in [-0.15, -0.1) is 0 Å². The molecular formula is C13H17FN2O2. The maximum Gasteiger partial charge on any atom is 0.238 e. The molecule has 2 N–H and O–H groups in total. The van der Waals surface area contributed by atoms with Crippen LogP contribution >= 0.6 is 0 Å². The summed E-state index contributed by atoms with van der Waals surface area (Å²) in [5.74, 6) is -0.568. The molecule has 0 radical (unpaired) electrons. The van der Waals surface area contributed by atoms with Crippen LogP contribution in [0.2, 0.25) is 0 Å². The summed E-state index contributed by atoms with van der Waals surface area (Å²) in [7, 11) is 0. The van der Waals surface area contributed by atoms with Gasteiger partial charge in [-0.2, -0.15) is 0 Å². The number of carbonyl (C=O) groups is 1.